The Hall–Kier alpha value is -3.34. The topological polar surface area (TPSA) is 129 Å². The number of nitrogens with zero attached hydrogens (tertiary/aromatic N) is 3. The Kier molecular flexibility index (Phi) is 6.63. The zero-order chi connectivity index (χ0) is 26.4. The summed E-state index contributed by atoms with van der Waals surface area (Å²) in [6.45, 7) is 0. The number of fused-ring (bicyclic) bond motifs is 1. The van der Waals surface area contributed by atoms with Crippen LogP contribution < -0.4 is 15.2 Å². The molecule has 4 rings (SSSR count). The summed E-state index contributed by atoms with van der Waals surface area (Å²) in [5, 5.41) is 10.9. The number of aromatic nitrogens is 3. The highest BCUT2D eigenvalue weighted by Crippen LogP contribution is 2.35. The van der Waals surface area contributed by atoms with Gasteiger partial charge in [-0.15, -0.1) is 11.3 Å². The first-order valence-electron chi connectivity index (χ1n) is 9.39. The predicted molar refractivity (Wildman–Crippen MR) is 119 cm³/mol. The van der Waals surface area contributed by atoms with Crippen molar-refractivity contribution in [3.05, 3.63) is 58.2 Å². The maximum absolute atomic E-state index is 13.7. The van der Waals surface area contributed by atoms with Gasteiger partial charge in [-0.2, -0.15) is 18.3 Å². The highest BCUT2D eigenvalue weighted by molar-refractivity contribution is 7.91. The van der Waals surface area contributed by atoms with Crippen molar-refractivity contribution in [3.8, 4) is 17.0 Å². The first-order chi connectivity index (χ1) is 16.7. The van der Waals surface area contributed by atoms with E-state index in [1.54, 1.807) is 0 Å². The molecule has 0 saturated heterocycles. The van der Waals surface area contributed by atoms with E-state index in [2.05, 4.69) is 15.4 Å². The number of carbonyl (C=O) groups is 1. The fraction of sp³-hybridized carbons (Fsp3) is 0.105. The van der Waals surface area contributed by atoms with Gasteiger partial charge < -0.3 is 4.74 Å². The molecule has 9 nitrogen and oxygen atoms in total. The molecule has 3 heterocycles. The van der Waals surface area contributed by atoms with Crippen LogP contribution in [-0.4, -0.2) is 29.1 Å². The Labute approximate surface area is 207 Å². The number of hydrogen-bond acceptors (Lipinski definition) is 7. The van der Waals surface area contributed by atoms with E-state index in [0.717, 1.165) is 42.6 Å². The lowest BCUT2D eigenvalue weighted by Gasteiger charge is -2.10. The van der Waals surface area contributed by atoms with Gasteiger partial charge in [0.05, 0.1) is 23.1 Å². The lowest BCUT2D eigenvalue weighted by Crippen LogP contribution is -2.17. The van der Waals surface area contributed by atoms with E-state index in [1.165, 1.54) is 0 Å². The van der Waals surface area contributed by atoms with Crippen molar-refractivity contribution in [2.24, 2.45) is 5.14 Å². The van der Waals surface area contributed by atoms with Crippen molar-refractivity contribution in [3.63, 3.8) is 0 Å². The SMILES string of the molecule is NS(=O)(=O)c1cc(NC(=O)Oc2cnn3c(C(F)F)cc(-c4ccc(C(F)(F)F)cc4)nc23)c(Cl)s1. The number of nitrogens with one attached hydrogen (secondary N) is 1. The zero-order valence-electron chi connectivity index (χ0n) is 17.3. The minimum Gasteiger partial charge on any atom is -0.404 e. The summed E-state index contributed by atoms with van der Waals surface area (Å²) in [5.74, 6) is -0.374. The number of sulfonamides is 1. The summed E-state index contributed by atoms with van der Waals surface area (Å²) < 4.78 is 94.1. The number of nitrogens with two attached hydrogens (primary N) is 1. The number of rotatable bonds is 5. The molecule has 4 aromatic rings. The fourth-order valence-corrected chi connectivity index (χ4v) is 5.04. The lowest BCUT2D eigenvalue weighted by molar-refractivity contribution is -0.137. The van der Waals surface area contributed by atoms with Crippen molar-refractivity contribution in [2.75, 3.05) is 5.32 Å². The second-order valence-corrected chi connectivity index (χ2v) is 10.4. The van der Waals surface area contributed by atoms with Gasteiger partial charge in [0, 0.05) is 5.56 Å². The Balaban J connectivity index is 1.67. The molecule has 0 aliphatic heterocycles. The van der Waals surface area contributed by atoms with Crippen LogP contribution in [0.5, 0.6) is 5.75 Å². The first kappa shape index (κ1) is 25.7. The maximum Gasteiger partial charge on any atom is 0.417 e. The van der Waals surface area contributed by atoms with E-state index < -0.39 is 40.0 Å². The van der Waals surface area contributed by atoms with Crippen LogP contribution in [0.25, 0.3) is 16.9 Å². The number of primary sulfonamides is 1. The third kappa shape index (κ3) is 5.25. The summed E-state index contributed by atoms with van der Waals surface area (Å²) >= 11 is 6.48. The molecule has 1 aromatic carbocycles. The molecule has 36 heavy (non-hydrogen) atoms. The average molecular weight is 568 g/mol. The third-order valence-electron chi connectivity index (χ3n) is 4.58. The minimum atomic E-state index is -4.59. The standard InChI is InChI=1S/C19H11ClF5N5O4S2/c20-15-11(6-14(35-15)36(26,32)33)29-18(31)34-13-7-27-30-12(16(21)22)5-10(28-17(13)30)8-1-3-9(4-2-8)19(23,24)25/h1-7,16H,(H,29,31)(H2,26,32,33). The molecule has 0 aliphatic rings. The number of anilines is 1. The number of amides is 1. The van der Waals surface area contributed by atoms with Crippen LogP contribution in [0.3, 0.4) is 0 Å². The summed E-state index contributed by atoms with van der Waals surface area (Å²) in [4.78, 5) is 16.5. The van der Waals surface area contributed by atoms with Crippen LogP contribution in [0.2, 0.25) is 4.34 Å². The van der Waals surface area contributed by atoms with Crippen LogP contribution in [-0.2, 0) is 16.2 Å². The van der Waals surface area contributed by atoms with E-state index in [0.29, 0.717) is 15.9 Å². The maximum atomic E-state index is 13.7. The van der Waals surface area contributed by atoms with Crippen molar-refractivity contribution >= 4 is 50.4 Å². The fourth-order valence-electron chi connectivity index (χ4n) is 2.98. The van der Waals surface area contributed by atoms with Gasteiger partial charge in [-0.25, -0.2) is 36.6 Å². The van der Waals surface area contributed by atoms with E-state index in [4.69, 9.17) is 21.5 Å². The predicted octanol–water partition coefficient (Wildman–Crippen LogP) is 5.33. The highest BCUT2D eigenvalue weighted by Gasteiger charge is 2.30. The molecule has 0 saturated carbocycles. The van der Waals surface area contributed by atoms with Gasteiger partial charge in [0.15, 0.2) is 11.4 Å². The van der Waals surface area contributed by atoms with Crippen molar-refractivity contribution in [1.29, 1.82) is 0 Å². The molecular weight excluding hydrogens is 557 g/mol. The van der Waals surface area contributed by atoms with Crippen molar-refractivity contribution in [1.82, 2.24) is 14.6 Å². The van der Waals surface area contributed by atoms with Crippen LogP contribution >= 0.6 is 22.9 Å². The van der Waals surface area contributed by atoms with Gasteiger partial charge in [0.2, 0.25) is 10.0 Å². The number of alkyl halides is 5. The van der Waals surface area contributed by atoms with Crippen LogP contribution in [0.1, 0.15) is 17.7 Å². The molecule has 1 amide bonds. The molecule has 0 spiro atoms. The number of hydrogen-bond donors (Lipinski definition) is 2. The van der Waals surface area contributed by atoms with Gasteiger partial charge in [0.25, 0.3) is 6.43 Å². The largest absolute Gasteiger partial charge is 0.417 e. The molecule has 0 radical (unpaired) electrons. The second kappa shape index (κ2) is 9.27. The van der Waals surface area contributed by atoms with Gasteiger partial charge in [-0.1, -0.05) is 23.7 Å². The number of benzene rings is 1. The third-order valence-corrected chi connectivity index (χ3v) is 7.36. The van der Waals surface area contributed by atoms with Crippen LogP contribution in [0.4, 0.5) is 32.4 Å². The van der Waals surface area contributed by atoms with Gasteiger partial charge in [-0.05, 0) is 24.3 Å². The highest BCUT2D eigenvalue weighted by atomic mass is 35.5. The summed E-state index contributed by atoms with van der Waals surface area (Å²) in [6, 6.07) is 5.59. The van der Waals surface area contributed by atoms with E-state index in [1.807, 2.05) is 0 Å². The van der Waals surface area contributed by atoms with Crippen molar-refractivity contribution in [2.45, 2.75) is 16.8 Å². The van der Waals surface area contributed by atoms with Crippen molar-refractivity contribution < 1.29 is 39.9 Å². The van der Waals surface area contributed by atoms with E-state index >= 15 is 0 Å². The molecule has 0 unspecified atom stereocenters. The van der Waals surface area contributed by atoms with Crippen LogP contribution in [0, 0.1) is 0 Å². The first-order valence-corrected chi connectivity index (χ1v) is 12.1. The minimum absolute atomic E-state index is 0.0876. The average Bonchev–Trinajstić information content (AvgIpc) is 3.36. The summed E-state index contributed by atoms with van der Waals surface area (Å²) in [7, 11) is -4.09. The summed E-state index contributed by atoms with van der Waals surface area (Å²) in [5.41, 5.74) is -2.12. The normalized spacial score (nSPS) is 12.3. The Morgan fingerprint density at radius 1 is 1.19 bits per heavy atom. The second-order valence-electron chi connectivity index (χ2n) is 7.00. The quantitative estimate of drug-likeness (QED) is 0.314. The van der Waals surface area contributed by atoms with Gasteiger partial charge in [0.1, 0.15) is 14.2 Å². The Morgan fingerprint density at radius 3 is 2.42 bits per heavy atom. The molecule has 0 bridgehead atoms. The zero-order valence-corrected chi connectivity index (χ0v) is 19.6. The van der Waals surface area contributed by atoms with Gasteiger partial charge >= 0.3 is 12.3 Å². The molecule has 3 aromatic heterocycles. The molecular formula is C19H11ClF5N5O4S2. The summed E-state index contributed by atoms with van der Waals surface area (Å²) in [6.07, 6.45) is -7.92. The van der Waals surface area contributed by atoms with Gasteiger partial charge in [-0.3, -0.25) is 5.32 Å². The molecule has 17 heteroatoms. The van der Waals surface area contributed by atoms with E-state index in [9.17, 15) is 35.2 Å². The smallest absolute Gasteiger partial charge is 0.404 e. The number of halogens is 6. The number of carbonyl (C=O) groups excluding carboxylic acids is 1. The number of ether oxygens (including phenoxy) is 1. The molecule has 0 aliphatic carbocycles. The Bertz CT molecular complexity index is 1570. The lowest BCUT2D eigenvalue weighted by atomic mass is 10.1. The van der Waals surface area contributed by atoms with Crippen LogP contribution in [0.15, 0.2) is 46.8 Å². The van der Waals surface area contributed by atoms with E-state index in [-0.39, 0.29) is 36.9 Å². The number of thiophene rings is 1. The Morgan fingerprint density at radius 2 is 1.86 bits per heavy atom. The monoisotopic (exact) mass is 567 g/mol. The molecule has 3 N–H and O–H groups in total. The molecule has 0 atom stereocenters. The molecule has 0 fully saturated rings. The molecule has 190 valence electrons.